The summed E-state index contributed by atoms with van der Waals surface area (Å²) in [6.07, 6.45) is 2.97. The van der Waals surface area contributed by atoms with E-state index in [9.17, 15) is 9.59 Å². The topological polar surface area (TPSA) is 89.2 Å². The molecule has 0 aliphatic heterocycles. The van der Waals surface area contributed by atoms with E-state index in [4.69, 9.17) is 4.42 Å². The van der Waals surface area contributed by atoms with Crippen LogP contribution in [0, 0.1) is 0 Å². The van der Waals surface area contributed by atoms with Crippen molar-refractivity contribution in [3.8, 4) is 0 Å². The van der Waals surface area contributed by atoms with E-state index >= 15 is 0 Å². The number of aromatic nitrogens is 2. The number of furan rings is 1. The third-order valence-corrected chi connectivity index (χ3v) is 2.47. The van der Waals surface area contributed by atoms with E-state index < -0.39 is 0 Å². The highest BCUT2D eigenvalue weighted by atomic mass is 16.3. The van der Waals surface area contributed by atoms with Crippen LogP contribution in [0.15, 0.2) is 29.0 Å². The van der Waals surface area contributed by atoms with E-state index in [1.165, 1.54) is 24.1 Å². The van der Waals surface area contributed by atoms with Crippen LogP contribution in [0.25, 0.3) is 0 Å². The van der Waals surface area contributed by atoms with E-state index in [-0.39, 0.29) is 18.4 Å². The SMILES string of the molecule is CC(=O)Nc1cnn(C)c1C(=O)NCc1ccco1. The lowest BCUT2D eigenvalue weighted by Crippen LogP contribution is -2.26. The lowest BCUT2D eigenvalue weighted by Gasteiger charge is -2.06. The Morgan fingerprint density at radius 3 is 2.89 bits per heavy atom. The number of nitrogens with one attached hydrogen (secondary N) is 2. The summed E-state index contributed by atoms with van der Waals surface area (Å²) in [5.41, 5.74) is 0.675. The first-order valence-electron chi connectivity index (χ1n) is 5.68. The number of aryl methyl sites for hydroxylation is 1. The lowest BCUT2D eigenvalue weighted by molar-refractivity contribution is -0.114. The first-order valence-corrected chi connectivity index (χ1v) is 5.68. The van der Waals surface area contributed by atoms with E-state index in [0.29, 0.717) is 17.1 Å². The summed E-state index contributed by atoms with van der Waals surface area (Å²) in [5, 5.41) is 9.21. The minimum Gasteiger partial charge on any atom is -0.467 e. The van der Waals surface area contributed by atoms with Crippen LogP contribution in [0.1, 0.15) is 23.2 Å². The number of anilines is 1. The molecule has 2 heterocycles. The zero-order valence-corrected chi connectivity index (χ0v) is 10.6. The van der Waals surface area contributed by atoms with Crippen molar-refractivity contribution in [1.29, 1.82) is 0 Å². The van der Waals surface area contributed by atoms with Gasteiger partial charge in [-0.05, 0) is 12.1 Å². The van der Waals surface area contributed by atoms with Gasteiger partial charge < -0.3 is 15.1 Å². The van der Waals surface area contributed by atoms with E-state index in [2.05, 4.69) is 15.7 Å². The van der Waals surface area contributed by atoms with Gasteiger partial charge in [0.05, 0.1) is 24.7 Å². The molecule has 7 heteroatoms. The minimum absolute atomic E-state index is 0.256. The molecule has 2 aromatic rings. The summed E-state index contributed by atoms with van der Waals surface area (Å²) < 4.78 is 6.52. The van der Waals surface area contributed by atoms with Crippen LogP contribution in [0.5, 0.6) is 0 Å². The van der Waals surface area contributed by atoms with Gasteiger partial charge in [-0.1, -0.05) is 0 Å². The van der Waals surface area contributed by atoms with Gasteiger partial charge in [0, 0.05) is 14.0 Å². The molecule has 2 amide bonds. The summed E-state index contributed by atoms with van der Waals surface area (Å²) >= 11 is 0. The number of amides is 2. The number of rotatable bonds is 4. The molecule has 0 spiro atoms. The average Bonchev–Trinajstić information content (AvgIpc) is 2.96. The number of nitrogens with zero attached hydrogens (tertiary/aromatic N) is 2. The van der Waals surface area contributed by atoms with Crippen molar-refractivity contribution >= 4 is 17.5 Å². The summed E-state index contributed by atoms with van der Waals surface area (Å²) in [4.78, 5) is 23.1. The van der Waals surface area contributed by atoms with E-state index in [1.54, 1.807) is 19.2 Å². The minimum atomic E-state index is -0.333. The Hall–Kier alpha value is -2.57. The second kappa shape index (κ2) is 5.38. The monoisotopic (exact) mass is 262 g/mol. The normalized spacial score (nSPS) is 10.2. The first kappa shape index (κ1) is 12.9. The van der Waals surface area contributed by atoms with Crippen LogP contribution in [0.4, 0.5) is 5.69 Å². The number of carbonyl (C=O) groups excluding carboxylic acids is 2. The predicted molar refractivity (Wildman–Crippen MR) is 67.4 cm³/mol. The van der Waals surface area contributed by atoms with Crippen molar-refractivity contribution in [2.45, 2.75) is 13.5 Å². The van der Waals surface area contributed by atoms with Gasteiger partial charge in [-0.15, -0.1) is 0 Å². The standard InChI is InChI=1S/C12H14N4O3/c1-8(17)15-10-7-14-16(2)11(10)12(18)13-6-9-4-3-5-19-9/h3-5,7H,6H2,1-2H3,(H,13,18)(H,15,17). The molecule has 0 unspecified atom stereocenters. The molecular weight excluding hydrogens is 248 g/mol. The van der Waals surface area contributed by atoms with Crippen molar-refractivity contribution < 1.29 is 14.0 Å². The maximum atomic E-state index is 12.1. The molecule has 100 valence electrons. The summed E-state index contributed by atoms with van der Waals surface area (Å²) in [6, 6.07) is 3.51. The molecule has 0 aliphatic carbocycles. The van der Waals surface area contributed by atoms with Gasteiger partial charge in [0.2, 0.25) is 5.91 Å². The van der Waals surface area contributed by atoms with Gasteiger partial charge in [0.1, 0.15) is 11.5 Å². The molecule has 19 heavy (non-hydrogen) atoms. The molecule has 0 aromatic carbocycles. The molecule has 0 fully saturated rings. The average molecular weight is 262 g/mol. The second-order valence-corrected chi connectivity index (χ2v) is 3.97. The molecule has 0 aliphatic rings. The Balaban J connectivity index is 2.09. The summed E-state index contributed by atoms with van der Waals surface area (Å²) in [5.74, 6) is 0.0600. The van der Waals surface area contributed by atoms with Gasteiger partial charge in [-0.3, -0.25) is 14.3 Å². The quantitative estimate of drug-likeness (QED) is 0.856. The molecule has 0 bridgehead atoms. The fraction of sp³-hybridized carbons (Fsp3) is 0.250. The van der Waals surface area contributed by atoms with E-state index in [0.717, 1.165) is 0 Å². The fourth-order valence-electron chi connectivity index (χ4n) is 1.65. The van der Waals surface area contributed by atoms with Gasteiger partial charge >= 0.3 is 0 Å². The van der Waals surface area contributed by atoms with Crippen molar-refractivity contribution in [2.24, 2.45) is 7.05 Å². The zero-order valence-electron chi connectivity index (χ0n) is 10.6. The molecular formula is C12H14N4O3. The fourth-order valence-corrected chi connectivity index (χ4v) is 1.65. The Morgan fingerprint density at radius 1 is 1.47 bits per heavy atom. The van der Waals surface area contributed by atoms with E-state index in [1.807, 2.05) is 0 Å². The van der Waals surface area contributed by atoms with Crippen molar-refractivity contribution in [3.63, 3.8) is 0 Å². The maximum absolute atomic E-state index is 12.1. The van der Waals surface area contributed by atoms with Crippen LogP contribution in [-0.4, -0.2) is 21.6 Å². The van der Waals surface area contributed by atoms with Gasteiger partial charge in [0.25, 0.3) is 5.91 Å². The Kier molecular flexibility index (Phi) is 3.65. The molecule has 0 saturated carbocycles. The Bertz CT molecular complexity index is 586. The smallest absolute Gasteiger partial charge is 0.272 e. The van der Waals surface area contributed by atoms with Crippen molar-refractivity contribution in [1.82, 2.24) is 15.1 Å². The maximum Gasteiger partial charge on any atom is 0.272 e. The number of hydrogen-bond donors (Lipinski definition) is 2. The second-order valence-electron chi connectivity index (χ2n) is 3.97. The van der Waals surface area contributed by atoms with Crippen LogP contribution in [-0.2, 0) is 18.4 Å². The largest absolute Gasteiger partial charge is 0.467 e. The molecule has 0 atom stereocenters. The summed E-state index contributed by atoms with van der Waals surface area (Å²) in [6.45, 7) is 1.65. The van der Waals surface area contributed by atoms with Crippen LogP contribution < -0.4 is 10.6 Å². The van der Waals surface area contributed by atoms with Gasteiger partial charge in [-0.2, -0.15) is 5.10 Å². The highest BCUT2D eigenvalue weighted by Crippen LogP contribution is 2.14. The highest BCUT2D eigenvalue weighted by Gasteiger charge is 2.17. The number of carbonyl (C=O) groups is 2. The molecule has 2 rings (SSSR count). The predicted octanol–water partition coefficient (Wildman–Crippen LogP) is 0.901. The van der Waals surface area contributed by atoms with Crippen LogP contribution in [0.2, 0.25) is 0 Å². The highest BCUT2D eigenvalue weighted by molar-refractivity contribution is 6.01. The first-order chi connectivity index (χ1) is 9.08. The molecule has 7 nitrogen and oxygen atoms in total. The van der Waals surface area contributed by atoms with Crippen LogP contribution in [0.3, 0.4) is 0 Å². The zero-order chi connectivity index (χ0) is 13.8. The van der Waals surface area contributed by atoms with Crippen molar-refractivity contribution in [3.05, 3.63) is 36.0 Å². The molecule has 0 saturated heterocycles. The Labute approximate surface area is 109 Å². The molecule has 2 aromatic heterocycles. The van der Waals surface area contributed by atoms with Crippen molar-refractivity contribution in [2.75, 3.05) is 5.32 Å². The van der Waals surface area contributed by atoms with Gasteiger partial charge in [-0.25, -0.2) is 0 Å². The molecule has 0 radical (unpaired) electrons. The number of hydrogen-bond acceptors (Lipinski definition) is 4. The summed E-state index contributed by atoms with van der Waals surface area (Å²) in [7, 11) is 1.63. The van der Waals surface area contributed by atoms with Crippen LogP contribution >= 0.6 is 0 Å². The molecule has 2 N–H and O–H groups in total. The van der Waals surface area contributed by atoms with Gasteiger partial charge in [0.15, 0.2) is 0 Å². The lowest BCUT2D eigenvalue weighted by atomic mass is 10.3. The third-order valence-electron chi connectivity index (χ3n) is 2.47. The third kappa shape index (κ3) is 3.01. The Morgan fingerprint density at radius 2 is 2.26 bits per heavy atom.